The Bertz CT molecular complexity index is 722. The minimum atomic E-state index is -0.393. The topological polar surface area (TPSA) is 38.3 Å². The van der Waals surface area contributed by atoms with Gasteiger partial charge in [-0.05, 0) is 30.3 Å². The van der Waals surface area contributed by atoms with Gasteiger partial charge >= 0.3 is 0 Å². The van der Waals surface area contributed by atoms with Crippen LogP contribution in [-0.2, 0) is 4.79 Å². The first-order valence-electron chi connectivity index (χ1n) is 6.15. The molecule has 3 rings (SSSR count). The first kappa shape index (κ1) is 12.4. The van der Waals surface area contributed by atoms with Gasteiger partial charge in [-0.15, -0.1) is 0 Å². The SMILES string of the molecule is COc1ccc(F)c(/C=C2\C(=O)Nc3ccccc32)c1. The standard InChI is InChI=1S/C16H12FNO2/c1-20-11-6-7-14(17)10(8-11)9-13-12-4-2-3-5-15(12)18-16(13)19/h2-9H,1H3,(H,18,19)/b13-9-. The molecule has 4 heteroatoms. The number of halogens is 1. The minimum Gasteiger partial charge on any atom is -0.497 e. The van der Waals surface area contributed by atoms with E-state index in [1.165, 1.54) is 13.2 Å². The molecule has 0 saturated carbocycles. The maximum absolute atomic E-state index is 13.8. The van der Waals surface area contributed by atoms with Crippen LogP contribution in [0.5, 0.6) is 5.75 Å². The second-order valence-electron chi connectivity index (χ2n) is 4.45. The van der Waals surface area contributed by atoms with Crippen molar-refractivity contribution in [1.29, 1.82) is 0 Å². The lowest BCUT2D eigenvalue weighted by atomic mass is 10.0. The summed E-state index contributed by atoms with van der Waals surface area (Å²) in [7, 11) is 1.52. The molecule has 0 bridgehead atoms. The molecule has 2 aromatic rings. The predicted octanol–water partition coefficient (Wildman–Crippen LogP) is 3.33. The third-order valence-corrected chi connectivity index (χ3v) is 3.21. The summed E-state index contributed by atoms with van der Waals surface area (Å²) in [6.45, 7) is 0. The molecule has 1 aliphatic rings. The summed E-state index contributed by atoms with van der Waals surface area (Å²) in [4.78, 5) is 12.0. The van der Waals surface area contributed by atoms with Crippen molar-refractivity contribution in [1.82, 2.24) is 0 Å². The van der Waals surface area contributed by atoms with Crippen LogP contribution in [0.4, 0.5) is 10.1 Å². The smallest absolute Gasteiger partial charge is 0.256 e. The average molecular weight is 269 g/mol. The Morgan fingerprint density at radius 3 is 2.80 bits per heavy atom. The van der Waals surface area contributed by atoms with Crippen LogP contribution in [0.1, 0.15) is 11.1 Å². The highest BCUT2D eigenvalue weighted by Crippen LogP contribution is 2.33. The fourth-order valence-electron chi connectivity index (χ4n) is 2.20. The van der Waals surface area contributed by atoms with Crippen LogP contribution >= 0.6 is 0 Å². The molecule has 3 nitrogen and oxygen atoms in total. The fraction of sp³-hybridized carbons (Fsp3) is 0.0625. The lowest BCUT2D eigenvalue weighted by molar-refractivity contribution is -0.110. The first-order valence-corrected chi connectivity index (χ1v) is 6.15. The summed E-state index contributed by atoms with van der Waals surface area (Å²) in [5, 5.41) is 2.75. The zero-order valence-corrected chi connectivity index (χ0v) is 10.8. The normalized spacial score (nSPS) is 15.1. The molecule has 100 valence electrons. The van der Waals surface area contributed by atoms with Crippen LogP contribution in [-0.4, -0.2) is 13.0 Å². The van der Waals surface area contributed by atoms with E-state index >= 15 is 0 Å². The van der Waals surface area contributed by atoms with Gasteiger partial charge in [0.2, 0.25) is 0 Å². The molecule has 0 aromatic heterocycles. The number of methoxy groups -OCH3 is 1. The van der Waals surface area contributed by atoms with Gasteiger partial charge in [0.05, 0.1) is 7.11 Å². The van der Waals surface area contributed by atoms with Gasteiger partial charge in [0.25, 0.3) is 5.91 Å². The largest absolute Gasteiger partial charge is 0.497 e. The number of carbonyl (C=O) groups is 1. The Kier molecular flexibility index (Phi) is 2.99. The Balaban J connectivity index is 2.11. The highest BCUT2D eigenvalue weighted by molar-refractivity contribution is 6.34. The highest BCUT2D eigenvalue weighted by atomic mass is 19.1. The summed E-state index contributed by atoms with van der Waals surface area (Å²) >= 11 is 0. The summed E-state index contributed by atoms with van der Waals surface area (Å²) < 4.78 is 18.9. The van der Waals surface area contributed by atoms with Crippen molar-refractivity contribution in [3.05, 3.63) is 59.4 Å². The molecule has 2 aromatic carbocycles. The van der Waals surface area contributed by atoms with Crippen molar-refractivity contribution in [2.24, 2.45) is 0 Å². The Morgan fingerprint density at radius 2 is 2.00 bits per heavy atom. The molecule has 0 spiro atoms. The number of hydrogen-bond acceptors (Lipinski definition) is 2. The highest BCUT2D eigenvalue weighted by Gasteiger charge is 2.23. The summed E-state index contributed by atoms with van der Waals surface area (Å²) in [5.41, 5.74) is 2.30. The Hall–Kier alpha value is -2.62. The lowest BCUT2D eigenvalue weighted by Crippen LogP contribution is -2.03. The Labute approximate surface area is 115 Å². The second kappa shape index (κ2) is 4.81. The van der Waals surface area contributed by atoms with E-state index in [0.717, 1.165) is 11.3 Å². The molecule has 0 saturated heterocycles. The van der Waals surface area contributed by atoms with Crippen LogP contribution in [0.2, 0.25) is 0 Å². The van der Waals surface area contributed by atoms with Gasteiger partial charge in [0, 0.05) is 22.4 Å². The number of amides is 1. The number of ether oxygens (including phenoxy) is 1. The van der Waals surface area contributed by atoms with Crippen molar-refractivity contribution in [3.8, 4) is 5.75 Å². The monoisotopic (exact) mass is 269 g/mol. The number of carbonyl (C=O) groups excluding carboxylic acids is 1. The van der Waals surface area contributed by atoms with E-state index in [-0.39, 0.29) is 5.91 Å². The van der Waals surface area contributed by atoms with Crippen molar-refractivity contribution in [2.45, 2.75) is 0 Å². The van der Waals surface area contributed by atoms with Gasteiger partial charge in [-0.2, -0.15) is 0 Å². The van der Waals surface area contributed by atoms with E-state index in [1.54, 1.807) is 18.2 Å². The molecule has 20 heavy (non-hydrogen) atoms. The van der Waals surface area contributed by atoms with Crippen LogP contribution in [0, 0.1) is 5.82 Å². The predicted molar refractivity (Wildman–Crippen MR) is 75.9 cm³/mol. The van der Waals surface area contributed by atoms with Gasteiger partial charge in [-0.1, -0.05) is 18.2 Å². The summed E-state index contributed by atoms with van der Waals surface area (Å²) in [6, 6.07) is 11.8. The fourth-order valence-corrected chi connectivity index (χ4v) is 2.20. The van der Waals surface area contributed by atoms with E-state index in [1.807, 2.05) is 24.3 Å². The van der Waals surface area contributed by atoms with Gasteiger partial charge < -0.3 is 10.1 Å². The number of hydrogen-bond donors (Lipinski definition) is 1. The molecule has 0 unspecified atom stereocenters. The molecule has 0 fully saturated rings. The quantitative estimate of drug-likeness (QED) is 0.849. The number of anilines is 1. The van der Waals surface area contributed by atoms with E-state index in [9.17, 15) is 9.18 Å². The van der Waals surface area contributed by atoms with E-state index in [0.29, 0.717) is 16.9 Å². The molecule has 1 heterocycles. The summed E-state index contributed by atoms with van der Waals surface area (Å²) in [5.74, 6) is -0.0751. The molecular weight excluding hydrogens is 257 g/mol. The van der Waals surface area contributed by atoms with E-state index in [4.69, 9.17) is 4.74 Å². The third-order valence-electron chi connectivity index (χ3n) is 3.21. The molecule has 0 aliphatic carbocycles. The lowest BCUT2D eigenvalue weighted by Gasteiger charge is -2.03. The number of nitrogens with one attached hydrogen (secondary N) is 1. The number of rotatable bonds is 2. The van der Waals surface area contributed by atoms with E-state index in [2.05, 4.69) is 5.32 Å². The van der Waals surface area contributed by atoms with Gasteiger partial charge in [-0.3, -0.25) is 4.79 Å². The molecule has 0 atom stereocenters. The van der Waals surface area contributed by atoms with Crippen LogP contribution < -0.4 is 10.1 Å². The van der Waals surface area contributed by atoms with Gasteiger partial charge in [0.1, 0.15) is 11.6 Å². The molecule has 1 N–H and O–H groups in total. The zero-order chi connectivity index (χ0) is 14.1. The van der Waals surface area contributed by atoms with E-state index < -0.39 is 5.82 Å². The third kappa shape index (κ3) is 2.05. The number of fused-ring (bicyclic) bond motifs is 1. The number of para-hydroxylation sites is 1. The van der Waals surface area contributed by atoms with Crippen molar-refractivity contribution in [2.75, 3.05) is 12.4 Å². The average Bonchev–Trinajstić information content (AvgIpc) is 2.77. The molecular formula is C16H12FNO2. The molecule has 0 radical (unpaired) electrons. The van der Waals surface area contributed by atoms with Crippen molar-refractivity contribution < 1.29 is 13.9 Å². The first-order chi connectivity index (χ1) is 9.69. The van der Waals surface area contributed by atoms with Crippen molar-refractivity contribution in [3.63, 3.8) is 0 Å². The maximum atomic E-state index is 13.8. The van der Waals surface area contributed by atoms with Crippen LogP contribution in [0.15, 0.2) is 42.5 Å². The molecule has 1 aliphatic heterocycles. The Morgan fingerprint density at radius 1 is 1.20 bits per heavy atom. The van der Waals surface area contributed by atoms with Gasteiger partial charge in [0.15, 0.2) is 0 Å². The van der Waals surface area contributed by atoms with Gasteiger partial charge in [-0.25, -0.2) is 4.39 Å². The van der Waals surface area contributed by atoms with Crippen molar-refractivity contribution >= 4 is 23.2 Å². The number of benzene rings is 2. The van der Waals surface area contributed by atoms with Crippen LogP contribution in [0.25, 0.3) is 11.6 Å². The second-order valence-corrected chi connectivity index (χ2v) is 4.45. The summed E-state index contributed by atoms with van der Waals surface area (Å²) in [6.07, 6.45) is 1.54. The minimum absolute atomic E-state index is 0.228. The zero-order valence-electron chi connectivity index (χ0n) is 10.8. The molecule has 1 amide bonds. The van der Waals surface area contributed by atoms with Crippen LogP contribution in [0.3, 0.4) is 0 Å². The maximum Gasteiger partial charge on any atom is 0.256 e.